The van der Waals surface area contributed by atoms with Crippen LogP contribution in [0.25, 0.3) is 0 Å². The van der Waals surface area contributed by atoms with Crippen LogP contribution in [-0.2, 0) is 4.74 Å². The Morgan fingerprint density at radius 3 is 1.85 bits per heavy atom. The van der Waals surface area contributed by atoms with Crippen molar-refractivity contribution < 1.29 is 9.53 Å². The highest BCUT2D eigenvalue weighted by Crippen LogP contribution is 2.26. The van der Waals surface area contributed by atoms with Crippen molar-refractivity contribution >= 4 is 23.3 Å². The molecule has 0 saturated carbocycles. The molecule has 33 heavy (non-hydrogen) atoms. The molecular weight excluding hydrogens is 430 g/mol. The second-order valence-electron chi connectivity index (χ2n) is 10.3. The molecule has 0 bridgehead atoms. The van der Waals surface area contributed by atoms with Crippen molar-refractivity contribution in [2.45, 2.75) is 129 Å². The minimum Gasteiger partial charge on any atom is -0.475 e. The number of benzene rings is 1. The summed E-state index contributed by atoms with van der Waals surface area (Å²) in [6.45, 7) is 6.89. The molecule has 2 rings (SSSR count). The first-order chi connectivity index (χ1) is 15.9. The predicted molar refractivity (Wildman–Crippen MR) is 142 cm³/mol. The standard InChI is InChI=1S/C29H46ClNO2/c1-4-5-6-7-8-9-10-11-12-13-14-15-16-17-18-19-27(32)24-20-21-25(26(30)22-24)28-31-29(2,3)23-33-28/h20-22H,4-19,23H2,1-3H3. The molecule has 3 nitrogen and oxygen atoms in total. The van der Waals surface area contributed by atoms with Gasteiger partial charge in [-0.25, -0.2) is 4.99 Å². The average Bonchev–Trinajstić information content (AvgIpc) is 3.15. The summed E-state index contributed by atoms with van der Waals surface area (Å²) in [6, 6.07) is 5.48. The number of hydrogen-bond donors (Lipinski definition) is 0. The van der Waals surface area contributed by atoms with Gasteiger partial charge in [-0.2, -0.15) is 0 Å². The van der Waals surface area contributed by atoms with Gasteiger partial charge >= 0.3 is 0 Å². The summed E-state index contributed by atoms with van der Waals surface area (Å²) in [4.78, 5) is 17.1. The Morgan fingerprint density at radius 1 is 0.879 bits per heavy atom. The number of rotatable bonds is 18. The number of ketones is 1. The van der Waals surface area contributed by atoms with E-state index in [1.807, 2.05) is 26.0 Å². The Morgan fingerprint density at radius 2 is 1.39 bits per heavy atom. The molecule has 186 valence electrons. The first-order valence-corrected chi connectivity index (χ1v) is 13.9. The van der Waals surface area contributed by atoms with Crippen LogP contribution in [-0.4, -0.2) is 23.8 Å². The monoisotopic (exact) mass is 475 g/mol. The minimum atomic E-state index is -0.222. The quantitative estimate of drug-likeness (QED) is 0.156. The Labute approximate surface area is 207 Å². The van der Waals surface area contributed by atoms with Crippen LogP contribution >= 0.6 is 11.6 Å². The highest BCUT2D eigenvalue weighted by Gasteiger charge is 2.28. The molecule has 1 aliphatic rings. The molecule has 0 radical (unpaired) electrons. The van der Waals surface area contributed by atoms with E-state index in [1.54, 1.807) is 6.07 Å². The molecule has 0 unspecified atom stereocenters. The van der Waals surface area contributed by atoms with Crippen LogP contribution < -0.4 is 0 Å². The number of ether oxygens (including phenoxy) is 1. The van der Waals surface area contributed by atoms with E-state index in [9.17, 15) is 4.79 Å². The van der Waals surface area contributed by atoms with Gasteiger partial charge in [0.2, 0.25) is 5.90 Å². The van der Waals surface area contributed by atoms with E-state index in [2.05, 4.69) is 11.9 Å². The summed E-state index contributed by atoms with van der Waals surface area (Å²) in [7, 11) is 0. The molecule has 1 aromatic rings. The van der Waals surface area contributed by atoms with Crippen molar-refractivity contribution in [2.24, 2.45) is 4.99 Å². The Kier molecular flexibility index (Phi) is 13.1. The maximum atomic E-state index is 12.5. The van der Waals surface area contributed by atoms with Gasteiger partial charge in [0, 0.05) is 12.0 Å². The molecule has 1 heterocycles. The molecule has 0 atom stereocenters. The van der Waals surface area contributed by atoms with E-state index in [0.29, 0.717) is 29.5 Å². The Balaban J connectivity index is 1.50. The van der Waals surface area contributed by atoms with E-state index in [-0.39, 0.29) is 11.3 Å². The van der Waals surface area contributed by atoms with Crippen molar-refractivity contribution in [1.29, 1.82) is 0 Å². The largest absolute Gasteiger partial charge is 0.475 e. The van der Waals surface area contributed by atoms with Crippen molar-refractivity contribution in [3.05, 3.63) is 34.3 Å². The average molecular weight is 476 g/mol. The van der Waals surface area contributed by atoms with Crippen LogP contribution in [0.4, 0.5) is 0 Å². The van der Waals surface area contributed by atoms with Gasteiger partial charge < -0.3 is 4.74 Å². The van der Waals surface area contributed by atoms with Crippen LogP contribution in [0.5, 0.6) is 0 Å². The second-order valence-corrected chi connectivity index (χ2v) is 10.7. The van der Waals surface area contributed by atoms with Crippen molar-refractivity contribution in [2.75, 3.05) is 6.61 Å². The van der Waals surface area contributed by atoms with E-state index < -0.39 is 0 Å². The van der Waals surface area contributed by atoms with Gasteiger partial charge in [-0.3, -0.25) is 4.79 Å². The number of nitrogens with zero attached hydrogens (tertiary/aromatic N) is 1. The van der Waals surface area contributed by atoms with Crippen molar-refractivity contribution in [3.8, 4) is 0 Å². The maximum Gasteiger partial charge on any atom is 0.218 e. The van der Waals surface area contributed by atoms with Gasteiger partial charge in [0.1, 0.15) is 6.61 Å². The zero-order chi connectivity index (χ0) is 23.9. The summed E-state index contributed by atoms with van der Waals surface area (Å²) in [5, 5.41) is 0.536. The first kappa shape index (κ1) is 27.9. The molecule has 0 aliphatic carbocycles. The van der Waals surface area contributed by atoms with E-state index >= 15 is 0 Å². The number of halogens is 1. The van der Waals surface area contributed by atoms with Crippen LogP contribution in [0, 0.1) is 0 Å². The highest BCUT2D eigenvalue weighted by molar-refractivity contribution is 6.34. The van der Waals surface area contributed by atoms with Crippen LogP contribution in [0.1, 0.15) is 139 Å². The summed E-state index contributed by atoms with van der Waals surface area (Å²) < 4.78 is 5.68. The topological polar surface area (TPSA) is 38.7 Å². The van der Waals surface area contributed by atoms with Gasteiger partial charge in [-0.1, -0.05) is 114 Å². The predicted octanol–water partition coefficient (Wildman–Crippen LogP) is 9.34. The number of carbonyl (C=O) groups excluding carboxylic acids is 1. The molecule has 0 saturated heterocycles. The third kappa shape index (κ3) is 11.1. The van der Waals surface area contributed by atoms with Crippen molar-refractivity contribution in [1.82, 2.24) is 0 Å². The minimum absolute atomic E-state index is 0.174. The highest BCUT2D eigenvalue weighted by atomic mass is 35.5. The third-order valence-corrected chi connectivity index (χ3v) is 6.81. The first-order valence-electron chi connectivity index (χ1n) is 13.5. The summed E-state index contributed by atoms with van der Waals surface area (Å²) in [6.07, 6.45) is 20.6. The number of aliphatic imine (C=N–C) groups is 1. The second kappa shape index (κ2) is 15.5. The Bertz CT molecular complexity index is 741. The zero-order valence-electron chi connectivity index (χ0n) is 21.4. The normalized spacial score (nSPS) is 14.8. The molecule has 0 fully saturated rings. The third-order valence-electron chi connectivity index (χ3n) is 6.50. The smallest absolute Gasteiger partial charge is 0.218 e. The van der Waals surface area contributed by atoms with Crippen LogP contribution in [0.15, 0.2) is 23.2 Å². The van der Waals surface area contributed by atoms with E-state index in [4.69, 9.17) is 16.3 Å². The van der Waals surface area contributed by atoms with Gasteiger partial charge in [0.25, 0.3) is 0 Å². The fraction of sp³-hybridized carbons (Fsp3) is 0.724. The molecule has 4 heteroatoms. The summed E-state index contributed by atoms with van der Waals surface area (Å²) in [5.41, 5.74) is 1.23. The number of carbonyl (C=O) groups is 1. The lowest BCUT2D eigenvalue weighted by Gasteiger charge is -2.07. The van der Waals surface area contributed by atoms with Gasteiger partial charge in [0.15, 0.2) is 5.78 Å². The SMILES string of the molecule is CCCCCCCCCCCCCCCCCC(=O)c1ccc(C2=NC(C)(C)CO2)c(Cl)c1. The fourth-order valence-corrected chi connectivity index (χ4v) is 4.65. The van der Waals surface area contributed by atoms with Gasteiger partial charge in [0.05, 0.1) is 16.1 Å². The summed E-state index contributed by atoms with van der Waals surface area (Å²) >= 11 is 6.43. The lowest BCUT2D eigenvalue weighted by molar-refractivity contribution is 0.0979. The molecule has 0 aromatic heterocycles. The number of hydrogen-bond acceptors (Lipinski definition) is 3. The molecule has 0 spiro atoms. The molecule has 1 aromatic carbocycles. The lowest BCUT2D eigenvalue weighted by Crippen LogP contribution is -2.17. The molecular formula is C29H46ClNO2. The molecule has 0 N–H and O–H groups in total. The molecule has 1 aliphatic heterocycles. The Hall–Kier alpha value is -1.35. The summed E-state index contributed by atoms with van der Waals surface area (Å²) in [5.74, 6) is 0.749. The zero-order valence-corrected chi connectivity index (χ0v) is 22.2. The maximum absolute atomic E-state index is 12.5. The van der Waals surface area contributed by atoms with E-state index in [0.717, 1.165) is 18.4 Å². The lowest BCUT2D eigenvalue weighted by atomic mass is 10.0. The van der Waals surface area contributed by atoms with E-state index in [1.165, 1.54) is 83.5 Å². The van der Waals surface area contributed by atoms with Crippen LogP contribution in [0.2, 0.25) is 5.02 Å². The van der Waals surface area contributed by atoms with Crippen LogP contribution in [0.3, 0.4) is 0 Å². The fourth-order valence-electron chi connectivity index (χ4n) is 4.39. The number of unbranched alkanes of at least 4 members (excludes halogenated alkanes) is 14. The van der Waals surface area contributed by atoms with Gasteiger partial charge in [-0.05, 0) is 32.4 Å². The van der Waals surface area contributed by atoms with Crippen molar-refractivity contribution in [3.63, 3.8) is 0 Å². The number of Topliss-reactive ketones (excluding diaryl/α,β-unsaturated/α-hetero) is 1. The molecule has 0 amide bonds. The van der Waals surface area contributed by atoms with Gasteiger partial charge in [-0.15, -0.1) is 0 Å².